The number of benzene rings is 1. The van der Waals surface area contributed by atoms with Gasteiger partial charge in [-0.25, -0.2) is 8.42 Å². The Kier molecular flexibility index (Phi) is 6.84. The standard InChI is InChI=1S/C20H22N6O4S2/c1-25-19(15-4-3-7-21-13-15)23-24-20(25)31-14-18(27)22-16-5-2-6-17(12-16)32(28,29)26-8-10-30-11-9-26/h2-7,12-13H,8-11,14H2,1H3,(H,22,27). The molecule has 1 saturated heterocycles. The van der Waals surface area contributed by atoms with Crippen LogP contribution in [0.15, 0.2) is 58.8 Å². The highest BCUT2D eigenvalue weighted by Gasteiger charge is 2.26. The lowest BCUT2D eigenvalue weighted by Crippen LogP contribution is -2.40. The van der Waals surface area contributed by atoms with Crippen LogP contribution in [0.5, 0.6) is 0 Å². The SMILES string of the molecule is Cn1c(SCC(=O)Nc2cccc(S(=O)(=O)N3CCOCC3)c2)nnc1-c1cccnc1. The number of thioether (sulfide) groups is 1. The van der Waals surface area contributed by atoms with E-state index in [1.165, 1.54) is 28.2 Å². The number of ether oxygens (including phenoxy) is 1. The van der Waals surface area contributed by atoms with Gasteiger partial charge in [0.15, 0.2) is 11.0 Å². The molecule has 1 aromatic carbocycles. The molecule has 4 rings (SSSR count). The highest BCUT2D eigenvalue weighted by Crippen LogP contribution is 2.23. The quantitative estimate of drug-likeness (QED) is 0.513. The molecule has 1 amide bonds. The highest BCUT2D eigenvalue weighted by atomic mass is 32.2. The van der Waals surface area contributed by atoms with Gasteiger partial charge in [-0.15, -0.1) is 10.2 Å². The predicted molar refractivity (Wildman–Crippen MR) is 120 cm³/mol. The van der Waals surface area contributed by atoms with Crippen molar-refractivity contribution in [3.05, 3.63) is 48.8 Å². The third kappa shape index (κ3) is 4.99. The summed E-state index contributed by atoms with van der Waals surface area (Å²) in [4.78, 5) is 16.7. The number of carbonyl (C=O) groups excluding carboxylic acids is 1. The van der Waals surface area contributed by atoms with Crippen molar-refractivity contribution in [2.45, 2.75) is 10.1 Å². The number of rotatable bonds is 7. The van der Waals surface area contributed by atoms with Crippen LogP contribution in [0, 0.1) is 0 Å². The second-order valence-electron chi connectivity index (χ2n) is 6.99. The fourth-order valence-corrected chi connectivity index (χ4v) is 5.35. The smallest absolute Gasteiger partial charge is 0.243 e. The van der Waals surface area contributed by atoms with E-state index in [1.54, 1.807) is 29.1 Å². The summed E-state index contributed by atoms with van der Waals surface area (Å²) in [5, 5.41) is 11.6. The number of morpholine rings is 1. The fraction of sp³-hybridized carbons (Fsp3) is 0.300. The summed E-state index contributed by atoms with van der Waals surface area (Å²) in [5.41, 5.74) is 1.25. The Morgan fingerprint density at radius 2 is 2.00 bits per heavy atom. The van der Waals surface area contributed by atoms with Crippen molar-refractivity contribution in [3.8, 4) is 11.4 Å². The number of nitrogens with zero attached hydrogens (tertiary/aromatic N) is 5. The minimum absolute atomic E-state index is 0.0967. The Labute approximate surface area is 190 Å². The van der Waals surface area contributed by atoms with Crippen LogP contribution in [0.2, 0.25) is 0 Å². The number of hydrogen-bond donors (Lipinski definition) is 1. The Bertz CT molecular complexity index is 1190. The number of nitrogens with one attached hydrogen (secondary N) is 1. The Hall–Kier alpha value is -2.80. The van der Waals surface area contributed by atoms with Gasteiger partial charge in [-0.3, -0.25) is 9.78 Å². The molecule has 0 saturated carbocycles. The molecule has 1 aliphatic rings. The lowest BCUT2D eigenvalue weighted by molar-refractivity contribution is -0.113. The number of hydrogen-bond acceptors (Lipinski definition) is 8. The van der Waals surface area contributed by atoms with Crippen molar-refractivity contribution in [2.24, 2.45) is 7.05 Å². The lowest BCUT2D eigenvalue weighted by atomic mass is 10.3. The molecule has 0 spiro atoms. The summed E-state index contributed by atoms with van der Waals surface area (Å²) < 4.78 is 34.1. The number of anilines is 1. The number of pyridine rings is 1. The maximum absolute atomic E-state index is 12.8. The first-order chi connectivity index (χ1) is 15.4. The first kappa shape index (κ1) is 22.4. The first-order valence-corrected chi connectivity index (χ1v) is 12.3. The minimum atomic E-state index is -3.63. The molecule has 12 heteroatoms. The van der Waals surface area contributed by atoms with Crippen LogP contribution in [-0.4, -0.2) is 70.4 Å². The molecule has 0 atom stereocenters. The van der Waals surface area contributed by atoms with Gasteiger partial charge in [-0.2, -0.15) is 4.31 Å². The maximum Gasteiger partial charge on any atom is 0.243 e. The van der Waals surface area contributed by atoms with E-state index in [1.807, 2.05) is 19.2 Å². The van der Waals surface area contributed by atoms with Crippen LogP contribution in [0.1, 0.15) is 0 Å². The molecular weight excluding hydrogens is 452 g/mol. The van der Waals surface area contributed by atoms with Crippen LogP contribution in [0.25, 0.3) is 11.4 Å². The molecule has 0 bridgehead atoms. The molecule has 0 aliphatic carbocycles. The highest BCUT2D eigenvalue weighted by molar-refractivity contribution is 7.99. The van der Waals surface area contributed by atoms with Crippen LogP contribution in [-0.2, 0) is 26.6 Å². The summed E-state index contributed by atoms with van der Waals surface area (Å²) in [6.45, 7) is 1.37. The lowest BCUT2D eigenvalue weighted by Gasteiger charge is -2.26. The molecule has 10 nitrogen and oxygen atoms in total. The van der Waals surface area contributed by atoms with Crippen LogP contribution in [0.3, 0.4) is 0 Å². The predicted octanol–water partition coefficient (Wildman–Crippen LogP) is 1.63. The maximum atomic E-state index is 12.8. The largest absolute Gasteiger partial charge is 0.379 e. The Balaban J connectivity index is 1.39. The van der Waals surface area contributed by atoms with Gasteiger partial charge >= 0.3 is 0 Å². The number of sulfonamides is 1. The van der Waals surface area contributed by atoms with Crippen LogP contribution >= 0.6 is 11.8 Å². The van der Waals surface area contributed by atoms with Gasteiger partial charge in [-0.05, 0) is 30.3 Å². The molecule has 168 valence electrons. The molecule has 3 aromatic rings. The van der Waals surface area contributed by atoms with Crippen molar-refractivity contribution in [1.82, 2.24) is 24.1 Å². The van der Waals surface area contributed by atoms with Gasteiger partial charge in [-0.1, -0.05) is 17.8 Å². The van der Waals surface area contributed by atoms with Gasteiger partial charge in [0.05, 0.1) is 23.9 Å². The summed E-state index contributed by atoms with van der Waals surface area (Å²) in [5.74, 6) is 0.475. The van der Waals surface area contributed by atoms with Gasteiger partial charge in [0.2, 0.25) is 15.9 Å². The van der Waals surface area contributed by atoms with Gasteiger partial charge < -0.3 is 14.6 Å². The minimum Gasteiger partial charge on any atom is -0.379 e. The van der Waals surface area contributed by atoms with E-state index in [-0.39, 0.29) is 16.6 Å². The normalized spacial score (nSPS) is 14.9. The number of amides is 1. The summed E-state index contributed by atoms with van der Waals surface area (Å²) in [6.07, 6.45) is 3.38. The molecule has 32 heavy (non-hydrogen) atoms. The zero-order valence-electron chi connectivity index (χ0n) is 17.3. The summed E-state index contributed by atoms with van der Waals surface area (Å²) >= 11 is 1.24. The van der Waals surface area contributed by atoms with Crippen molar-refractivity contribution < 1.29 is 17.9 Å². The molecule has 1 fully saturated rings. The van der Waals surface area contributed by atoms with Gasteiger partial charge in [0.1, 0.15) is 0 Å². The Morgan fingerprint density at radius 1 is 1.19 bits per heavy atom. The fourth-order valence-electron chi connectivity index (χ4n) is 3.18. The Morgan fingerprint density at radius 3 is 2.75 bits per heavy atom. The molecular formula is C20H22N6O4S2. The topological polar surface area (TPSA) is 119 Å². The summed E-state index contributed by atoms with van der Waals surface area (Å²) in [7, 11) is -1.81. The molecule has 1 aliphatic heterocycles. The summed E-state index contributed by atoms with van der Waals surface area (Å²) in [6, 6.07) is 9.96. The van der Waals surface area contributed by atoms with Crippen molar-refractivity contribution >= 4 is 33.4 Å². The van der Waals surface area contributed by atoms with E-state index in [4.69, 9.17) is 4.74 Å². The molecule has 3 heterocycles. The average Bonchev–Trinajstić information content (AvgIpc) is 3.19. The van der Waals surface area contributed by atoms with E-state index >= 15 is 0 Å². The molecule has 1 N–H and O–H groups in total. The molecule has 0 unspecified atom stereocenters. The monoisotopic (exact) mass is 474 g/mol. The van der Waals surface area contributed by atoms with E-state index in [0.29, 0.717) is 43.0 Å². The molecule has 2 aromatic heterocycles. The zero-order chi connectivity index (χ0) is 22.6. The average molecular weight is 475 g/mol. The van der Waals surface area contributed by atoms with Crippen LogP contribution in [0.4, 0.5) is 5.69 Å². The number of carbonyl (C=O) groups is 1. The molecule has 0 radical (unpaired) electrons. The van der Waals surface area contributed by atoms with E-state index in [0.717, 1.165) is 5.56 Å². The van der Waals surface area contributed by atoms with E-state index in [2.05, 4.69) is 20.5 Å². The number of aromatic nitrogens is 4. The third-order valence-electron chi connectivity index (χ3n) is 4.81. The van der Waals surface area contributed by atoms with Crippen LogP contribution < -0.4 is 5.32 Å². The first-order valence-electron chi connectivity index (χ1n) is 9.85. The van der Waals surface area contributed by atoms with Crippen molar-refractivity contribution in [1.29, 1.82) is 0 Å². The zero-order valence-corrected chi connectivity index (χ0v) is 19.0. The van der Waals surface area contributed by atoms with Crippen molar-refractivity contribution in [2.75, 3.05) is 37.4 Å². The van der Waals surface area contributed by atoms with Crippen molar-refractivity contribution in [3.63, 3.8) is 0 Å². The van der Waals surface area contributed by atoms with Gasteiger partial charge in [0.25, 0.3) is 0 Å². The van der Waals surface area contributed by atoms with E-state index in [9.17, 15) is 13.2 Å². The second kappa shape index (κ2) is 9.77. The van der Waals surface area contributed by atoms with Gasteiger partial charge in [0, 0.05) is 43.8 Å². The second-order valence-corrected chi connectivity index (χ2v) is 9.87. The third-order valence-corrected chi connectivity index (χ3v) is 7.73. The van der Waals surface area contributed by atoms with E-state index < -0.39 is 10.0 Å².